The molecular weight excluding hydrogens is 406 g/mol. The third kappa shape index (κ3) is 3.68. The van der Waals surface area contributed by atoms with Crippen LogP contribution in [-0.2, 0) is 14.3 Å². The molecule has 2 fully saturated rings. The summed E-state index contributed by atoms with van der Waals surface area (Å²) in [5, 5.41) is 11.5. The van der Waals surface area contributed by atoms with Gasteiger partial charge in [0.2, 0.25) is 0 Å². The highest BCUT2D eigenvalue weighted by Crippen LogP contribution is 2.41. The van der Waals surface area contributed by atoms with Crippen LogP contribution in [0.15, 0.2) is 54.1 Å². The summed E-state index contributed by atoms with van der Waals surface area (Å²) in [4.78, 5) is 27.5. The molecule has 2 unspecified atom stereocenters. The normalized spacial score (nSPS) is 23.2. The predicted molar refractivity (Wildman–Crippen MR) is 112 cm³/mol. The Morgan fingerprint density at radius 1 is 1.23 bits per heavy atom. The van der Waals surface area contributed by atoms with Gasteiger partial charge in [-0.25, -0.2) is 0 Å². The number of aliphatic hydroxyl groups excluding tert-OH is 1. The van der Waals surface area contributed by atoms with Crippen molar-refractivity contribution in [1.29, 1.82) is 0 Å². The molecule has 0 bridgehead atoms. The number of methoxy groups -OCH3 is 1. The second-order valence-corrected chi connectivity index (χ2v) is 7.78. The Morgan fingerprint density at radius 3 is 2.67 bits per heavy atom. The molecule has 0 spiro atoms. The van der Waals surface area contributed by atoms with Crippen molar-refractivity contribution in [3.05, 3.63) is 70.3 Å². The highest BCUT2D eigenvalue weighted by Gasteiger charge is 2.47. The molecule has 1 amide bonds. The molecule has 2 aliphatic rings. The van der Waals surface area contributed by atoms with E-state index in [1.807, 2.05) is 30.3 Å². The van der Waals surface area contributed by atoms with Gasteiger partial charge in [0.25, 0.3) is 11.7 Å². The standard InChI is InChI=1S/C23H22ClNO5/c1-29-18-10-9-15(24)12-17(18)21(26)19-20(14-6-3-2-4-7-14)25(23(28)22(19)27)13-16-8-5-11-30-16/h2-4,6-7,9-10,12,16,20,26H,5,8,11,13H2,1H3/b21-19+. The van der Waals surface area contributed by atoms with Crippen molar-refractivity contribution in [3.63, 3.8) is 0 Å². The fourth-order valence-electron chi connectivity index (χ4n) is 4.07. The second-order valence-electron chi connectivity index (χ2n) is 7.34. The summed E-state index contributed by atoms with van der Waals surface area (Å²) in [6.45, 7) is 0.928. The van der Waals surface area contributed by atoms with E-state index in [4.69, 9.17) is 21.1 Å². The molecule has 6 nitrogen and oxygen atoms in total. The molecule has 4 rings (SSSR count). The third-order valence-electron chi connectivity index (χ3n) is 5.50. The lowest BCUT2D eigenvalue weighted by molar-refractivity contribution is -0.140. The lowest BCUT2D eigenvalue weighted by atomic mass is 9.95. The fraction of sp³-hybridized carbons (Fsp3) is 0.304. The third-order valence-corrected chi connectivity index (χ3v) is 5.73. The smallest absolute Gasteiger partial charge is 0.295 e. The maximum Gasteiger partial charge on any atom is 0.295 e. The van der Waals surface area contributed by atoms with Crippen molar-refractivity contribution in [1.82, 2.24) is 4.90 Å². The van der Waals surface area contributed by atoms with Crippen LogP contribution in [0.4, 0.5) is 0 Å². The van der Waals surface area contributed by atoms with Crippen LogP contribution < -0.4 is 4.74 Å². The number of hydrogen-bond donors (Lipinski definition) is 1. The monoisotopic (exact) mass is 427 g/mol. The summed E-state index contributed by atoms with van der Waals surface area (Å²) < 4.78 is 11.0. The molecule has 2 atom stereocenters. The van der Waals surface area contributed by atoms with E-state index in [1.165, 1.54) is 18.1 Å². The highest BCUT2D eigenvalue weighted by atomic mass is 35.5. The van der Waals surface area contributed by atoms with E-state index in [-0.39, 0.29) is 29.5 Å². The lowest BCUT2D eigenvalue weighted by Gasteiger charge is -2.27. The molecule has 2 aliphatic heterocycles. The summed E-state index contributed by atoms with van der Waals surface area (Å²) in [5.41, 5.74) is 1.02. The summed E-state index contributed by atoms with van der Waals surface area (Å²) in [6, 6.07) is 13.2. The maximum absolute atomic E-state index is 13.0. The topological polar surface area (TPSA) is 76.1 Å². The van der Waals surface area contributed by atoms with Crippen molar-refractivity contribution in [2.24, 2.45) is 0 Å². The van der Waals surface area contributed by atoms with Gasteiger partial charge in [-0.15, -0.1) is 0 Å². The van der Waals surface area contributed by atoms with Gasteiger partial charge in [0, 0.05) is 18.2 Å². The summed E-state index contributed by atoms with van der Waals surface area (Å²) >= 11 is 6.12. The van der Waals surface area contributed by atoms with E-state index in [0.29, 0.717) is 17.4 Å². The molecule has 2 aromatic carbocycles. The van der Waals surface area contributed by atoms with Crippen molar-refractivity contribution in [3.8, 4) is 5.75 Å². The number of hydrogen-bond acceptors (Lipinski definition) is 5. The quantitative estimate of drug-likeness (QED) is 0.444. The van der Waals surface area contributed by atoms with Crippen LogP contribution >= 0.6 is 11.6 Å². The van der Waals surface area contributed by atoms with E-state index < -0.39 is 17.7 Å². The number of Topliss-reactive ketones (excluding diaryl/α,β-unsaturated/α-hetero) is 1. The number of benzene rings is 2. The van der Waals surface area contributed by atoms with Crippen LogP contribution in [0.5, 0.6) is 5.75 Å². The number of likely N-dealkylation sites (tertiary alicyclic amines) is 1. The number of nitrogens with zero attached hydrogens (tertiary/aromatic N) is 1. The molecular formula is C23H22ClNO5. The van der Waals surface area contributed by atoms with E-state index in [1.54, 1.807) is 12.1 Å². The molecule has 2 saturated heterocycles. The molecule has 2 aromatic rings. The zero-order chi connectivity index (χ0) is 21.3. The van der Waals surface area contributed by atoms with Gasteiger partial charge in [-0.3, -0.25) is 9.59 Å². The number of carbonyl (C=O) groups is 2. The van der Waals surface area contributed by atoms with Crippen molar-refractivity contribution in [2.75, 3.05) is 20.3 Å². The Kier molecular flexibility index (Phi) is 5.79. The molecule has 0 saturated carbocycles. The molecule has 0 aromatic heterocycles. The van der Waals surface area contributed by atoms with Gasteiger partial charge < -0.3 is 19.5 Å². The Hall–Kier alpha value is -2.83. The van der Waals surface area contributed by atoms with E-state index >= 15 is 0 Å². The average molecular weight is 428 g/mol. The average Bonchev–Trinajstić information content (AvgIpc) is 3.36. The van der Waals surface area contributed by atoms with E-state index in [0.717, 1.165) is 18.4 Å². The summed E-state index contributed by atoms with van der Waals surface area (Å²) in [5.74, 6) is -1.34. The lowest BCUT2D eigenvalue weighted by Crippen LogP contribution is -2.36. The molecule has 30 heavy (non-hydrogen) atoms. The number of ketones is 1. The molecule has 2 heterocycles. The van der Waals surface area contributed by atoms with Crippen LogP contribution in [0.25, 0.3) is 5.76 Å². The number of carbonyl (C=O) groups excluding carboxylic acids is 2. The van der Waals surface area contributed by atoms with Crippen LogP contribution in [-0.4, -0.2) is 48.1 Å². The van der Waals surface area contributed by atoms with Gasteiger partial charge in [-0.05, 0) is 36.6 Å². The fourth-order valence-corrected chi connectivity index (χ4v) is 4.24. The molecule has 156 valence electrons. The maximum atomic E-state index is 13.0. The molecule has 7 heteroatoms. The Bertz CT molecular complexity index is 998. The number of ether oxygens (including phenoxy) is 2. The summed E-state index contributed by atoms with van der Waals surface area (Å²) in [6.07, 6.45) is 1.62. The molecule has 0 aliphatic carbocycles. The van der Waals surface area contributed by atoms with Crippen LogP contribution in [0.2, 0.25) is 5.02 Å². The minimum atomic E-state index is -0.735. The van der Waals surface area contributed by atoms with Gasteiger partial charge >= 0.3 is 0 Å². The zero-order valence-corrected chi connectivity index (χ0v) is 17.3. The Balaban J connectivity index is 1.86. The first-order valence-corrected chi connectivity index (χ1v) is 10.2. The van der Waals surface area contributed by atoms with Crippen molar-refractivity contribution < 1.29 is 24.2 Å². The van der Waals surface area contributed by atoms with Crippen LogP contribution in [0, 0.1) is 0 Å². The first kappa shape index (κ1) is 20.4. The second kappa shape index (κ2) is 8.50. The SMILES string of the molecule is COc1ccc(Cl)cc1/C(O)=C1\C(=O)C(=O)N(CC2CCCO2)C1c1ccccc1. The Labute approximate surface area is 179 Å². The summed E-state index contributed by atoms with van der Waals surface area (Å²) in [7, 11) is 1.46. The minimum Gasteiger partial charge on any atom is -0.507 e. The van der Waals surface area contributed by atoms with Crippen molar-refractivity contribution in [2.45, 2.75) is 25.0 Å². The minimum absolute atomic E-state index is 0.0183. The largest absolute Gasteiger partial charge is 0.507 e. The van der Waals surface area contributed by atoms with Crippen molar-refractivity contribution >= 4 is 29.1 Å². The number of rotatable bonds is 5. The zero-order valence-electron chi connectivity index (χ0n) is 16.5. The first-order chi connectivity index (χ1) is 14.5. The number of halogens is 1. The van der Waals surface area contributed by atoms with E-state index in [2.05, 4.69) is 0 Å². The first-order valence-electron chi connectivity index (χ1n) is 9.80. The Morgan fingerprint density at radius 2 is 2.00 bits per heavy atom. The highest BCUT2D eigenvalue weighted by molar-refractivity contribution is 6.46. The number of amides is 1. The van der Waals surface area contributed by atoms with Crippen LogP contribution in [0.3, 0.4) is 0 Å². The van der Waals surface area contributed by atoms with Gasteiger partial charge in [0.05, 0.1) is 30.4 Å². The van der Waals surface area contributed by atoms with Gasteiger partial charge in [0.1, 0.15) is 11.5 Å². The van der Waals surface area contributed by atoms with Crippen LogP contribution in [0.1, 0.15) is 30.0 Å². The molecule has 0 radical (unpaired) electrons. The van der Waals surface area contributed by atoms with Gasteiger partial charge in [0.15, 0.2) is 0 Å². The van der Waals surface area contributed by atoms with Gasteiger partial charge in [-0.1, -0.05) is 41.9 Å². The van der Waals surface area contributed by atoms with Gasteiger partial charge in [-0.2, -0.15) is 0 Å². The number of aliphatic hydroxyl groups is 1. The van der Waals surface area contributed by atoms with E-state index in [9.17, 15) is 14.7 Å². The molecule has 1 N–H and O–H groups in total. The predicted octanol–water partition coefficient (Wildman–Crippen LogP) is 3.95.